The third-order valence-electron chi connectivity index (χ3n) is 3.09. The Bertz CT molecular complexity index is 538. The van der Waals surface area contributed by atoms with E-state index in [0.29, 0.717) is 18.7 Å². The van der Waals surface area contributed by atoms with E-state index in [1.165, 1.54) is 17.0 Å². The molecule has 1 aromatic carbocycles. The van der Waals surface area contributed by atoms with Gasteiger partial charge in [-0.05, 0) is 31.7 Å². The zero-order valence-corrected chi connectivity index (χ0v) is 11.7. The summed E-state index contributed by atoms with van der Waals surface area (Å²) >= 11 is 5.61. The van der Waals surface area contributed by atoms with Crippen molar-refractivity contribution in [3.63, 3.8) is 0 Å². The maximum absolute atomic E-state index is 13.4. The average molecular weight is 300 g/mol. The van der Waals surface area contributed by atoms with Crippen LogP contribution in [0.5, 0.6) is 0 Å². The minimum Gasteiger partial charge on any atom is -0.343 e. The van der Waals surface area contributed by atoms with E-state index < -0.39 is 11.9 Å². The fraction of sp³-hybridized carbons (Fsp3) is 0.385. The molecule has 5 nitrogen and oxygen atoms in total. The Hall–Kier alpha value is -1.66. The fourth-order valence-corrected chi connectivity index (χ4v) is 2.25. The Morgan fingerprint density at radius 2 is 2.30 bits per heavy atom. The quantitative estimate of drug-likeness (QED) is 0.869. The van der Waals surface area contributed by atoms with Crippen molar-refractivity contribution in [2.45, 2.75) is 12.5 Å². The average Bonchev–Trinajstić information content (AvgIpc) is 2.75. The molecule has 0 spiro atoms. The van der Waals surface area contributed by atoms with Crippen LogP contribution in [0.1, 0.15) is 6.42 Å². The summed E-state index contributed by atoms with van der Waals surface area (Å²) in [4.78, 5) is 25.1. The van der Waals surface area contributed by atoms with Gasteiger partial charge >= 0.3 is 0 Å². The molecule has 1 unspecified atom stereocenters. The second-order valence-electron chi connectivity index (χ2n) is 4.53. The molecule has 2 N–H and O–H groups in total. The first-order valence-corrected chi connectivity index (χ1v) is 6.61. The number of anilines is 1. The Morgan fingerprint density at radius 1 is 1.55 bits per heavy atom. The number of halogens is 2. The lowest BCUT2D eigenvalue weighted by atomic mass is 10.2. The van der Waals surface area contributed by atoms with Crippen LogP contribution in [0.2, 0.25) is 5.02 Å². The largest absolute Gasteiger partial charge is 0.343 e. The lowest BCUT2D eigenvalue weighted by molar-refractivity contribution is -0.125. The molecule has 7 heteroatoms. The topological polar surface area (TPSA) is 61.4 Å². The summed E-state index contributed by atoms with van der Waals surface area (Å²) in [6, 6.07) is 3.65. The van der Waals surface area contributed by atoms with E-state index in [1.54, 1.807) is 13.1 Å². The summed E-state index contributed by atoms with van der Waals surface area (Å²) in [7, 11) is 1.65. The van der Waals surface area contributed by atoms with Crippen LogP contribution in [0.4, 0.5) is 10.1 Å². The van der Waals surface area contributed by atoms with Crippen molar-refractivity contribution in [2.75, 3.05) is 25.0 Å². The highest BCUT2D eigenvalue weighted by Gasteiger charge is 2.33. The molecule has 2 rings (SSSR count). The molecule has 20 heavy (non-hydrogen) atoms. The Kier molecular flexibility index (Phi) is 4.57. The van der Waals surface area contributed by atoms with Gasteiger partial charge in [-0.25, -0.2) is 4.39 Å². The molecule has 1 aliphatic heterocycles. The minimum absolute atomic E-state index is 0.0132. The molecule has 0 saturated carbocycles. The number of hydrogen-bond donors (Lipinski definition) is 2. The van der Waals surface area contributed by atoms with Gasteiger partial charge in [0.25, 0.3) is 0 Å². The fourth-order valence-electron chi connectivity index (χ4n) is 2.13. The van der Waals surface area contributed by atoms with E-state index in [9.17, 15) is 14.0 Å². The predicted molar refractivity (Wildman–Crippen MR) is 74.2 cm³/mol. The zero-order chi connectivity index (χ0) is 14.7. The van der Waals surface area contributed by atoms with Crippen molar-refractivity contribution in [1.82, 2.24) is 10.6 Å². The van der Waals surface area contributed by atoms with Crippen molar-refractivity contribution in [1.29, 1.82) is 0 Å². The Balaban J connectivity index is 2.07. The van der Waals surface area contributed by atoms with Crippen LogP contribution in [-0.4, -0.2) is 38.0 Å². The first kappa shape index (κ1) is 14.7. The van der Waals surface area contributed by atoms with Gasteiger partial charge in [0.1, 0.15) is 11.9 Å². The molecule has 2 amide bonds. The van der Waals surface area contributed by atoms with Crippen LogP contribution >= 0.6 is 11.6 Å². The first-order chi connectivity index (χ1) is 9.52. The van der Waals surface area contributed by atoms with Gasteiger partial charge < -0.3 is 15.5 Å². The first-order valence-electron chi connectivity index (χ1n) is 6.23. The van der Waals surface area contributed by atoms with Crippen LogP contribution in [-0.2, 0) is 9.59 Å². The highest BCUT2D eigenvalue weighted by Crippen LogP contribution is 2.25. The van der Waals surface area contributed by atoms with Gasteiger partial charge in [-0.2, -0.15) is 0 Å². The molecule has 1 aromatic rings. The molecule has 0 aromatic heterocycles. The molecule has 1 saturated heterocycles. The lowest BCUT2D eigenvalue weighted by Gasteiger charge is -2.17. The van der Waals surface area contributed by atoms with E-state index in [-0.39, 0.29) is 23.4 Å². The molecule has 0 bridgehead atoms. The van der Waals surface area contributed by atoms with Crippen molar-refractivity contribution in [3.05, 3.63) is 29.0 Å². The highest BCUT2D eigenvalue weighted by molar-refractivity contribution is 6.30. The van der Waals surface area contributed by atoms with Crippen LogP contribution in [0.3, 0.4) is 0 Å². The molecule has 1 heterocycles. The van der Waals surface area contributed by atoms with Crippen molar-refractivity contribution >= 4 is 29.1 Å². The number of amides is 2. The molecule has 1 aliphatic rings. The van der Waals surface area contributed by atoms with Crippen LogP contribution in [0.25, 0.3) is 0 Å². The van der Waals surface area contributed by atoms with Crippen molar-refractivity contribution < 1.29 is 14.0 Å². The van der Waals surface area contributed by atoms with Gasteiger partial charge in [-0.15, -0.1) is 0 Å². The van der Waals surface area contributed by atoms with Gasteiger partial charge in [0.15, 0.2) is 0 Å². The second kappa shape index (κ2) is 6.19. The molecule has 0 radical (unpaired) electrons. The number of likely N-dealkylation sites (N-methyl/N-ethyl adjacent to an activating group) is 1. The highest BCUT2D eigenvalue weighted by atomic mass is 35.5. The maximum Gasteiger partial charge on any atom is 0.249 e. The van der Waals surface area contributed by atoms with E-state index in [0.717, 1.165) is 0 Å². The van der Waals surface area contributed by atoms with Crippen LogP contribution in [0, 0.1) is 5.82 Å². The lowest BCUT2D eigenvalue weighted by Crippen LogP contribution is -2.44. The Labute approximate surface area is 121 Å². The maximum atomic E-state index is 13.4. The molecular weight excluding hydrogens is 285 g/mol. The van der Waals surface area contributed by atoms with Crippen molar-refractivity contribution in [2.24, 2.45) is 0 Å². The van der Waals surface area contributed by atoms with Crippen LogP contribution in [0.15, 0.2) is 18.2 Å². The normalized spacial score (nSPS) is 18.4. The summed E-state index contributed by atoms with van der Waals surface area (Å²) in [5, 5.41) is 5.37. The SMILES string of the molecule is CNCC(=O)NC1CCN(c2ccc(Cl)c(F)c2)C1=O. The standard InChI is InChI=1S/C13H15ClFN3O2/c1-16-7-12(19)17-11-4-5-18(13(11)20)8-2-3-9(14)10(15)6-8/h2-3,6,11,16H,4-5,7H2,1H3,(H,17,19). The second-order valence-corrected chi connectivity index (χ2v) is 4.93. The summed E-state index contributed by atoms with van der Waals surface area (Å²) in [6.45, 7) is 0.587. The number of carbonyl (C=O) groups is 2. The number of nitrogens with zero attached hydrogens (tertiary/aromatic N) is 1. The number of rotatable bonds is 4. The van der Waals surface area contributed by atoms with Crippen molar-refractivity contribution in [3.8, 4) is 0 Å². The molecule has 1 fully saturated rings. The molecule has 108 valence electrons. The van der Waals surface area contributed by atoms with Gasteiger partial charge in [0.2, 0.25) is 11.8 Å². The van der Waals surface area contributed by atoms with Gasteiger partial charge in [-0.1, -0.05) is 11.6 Å². The van der Waals surface area contributed by atoms with Gasteiger partial charge in [0, 0.05) is 12.2 Å². The third kappa shape index (κ3) is 3.08. The zero-order valence-electron chi connectivity index (χ0n) is 11.0. The molecule has 1 atom stereocenters. The number of benzene rings is 1. The van der Waals surface area contributed by atoms with E-state index in [1.807, 2.05) is 0 Å². The monoisotopic (exact) mass is 299 g/mol. The van der Waals surface area contributed by atoms with Crippen LogP contribution < -0.4 is 15.5 Å². The smallest absolute Gasteiger partial charge is 0.249 e. The molecular formula is C13H15ClFN3O2. The third-order valence-corrected chi connectivity index (χ3v) is 3.40. The van der Waals surface area contributed by atoms with Gasteiger partial charge in [-0.3, -0.25) is 9.59 Å². The molecule has 0 aliphatic carbocycles. The van der Waals surface area contributed by atoms with E-state index >= 15 is 0 Å². The van der Waals surface area contributed by atoms with E-state index in [4.69, 9.17) is 11.6 Å². The number of nitrogens with one attached hydrogen (secondary N) is 2. The summed E-state index contributed by atoms with van der Waals surface area (Å²) < 4.78 is 13.4. The number of carbonyl (C=O) groups excluding carboxylic acids is 2. The summed E-state index contributed by atoms with van der Waals surface area (Å²) in [5.41, 5.74) is 0.447. The Morgan fingerprint density at radius 3 is 2.95 bits per heavy atom. The van der Waals surface area contributed by atoms with Gasteiger partial charge in [0.05, 0.1) is 11.6 Å². The summed E-state index contributed by atoms with van der Waals surface area (Å²) in [6.07, 6.45) is 0.499. The predicted octanol–water partition coefficient (Wildman–Crippen LogP) is 0.920. The minimum atomic E-state index is -0.570. The van der Waals surface area contributed by atoms with E-state index in [2.05, 4.69) is 10.6 Å². The summed E-state index contributed by atoms with van der Waals surface area (Å²) in [5.74, 6) is -1.05. The number of hydrogen-bond acceptors (Lipinski definition) is 3.